The number of carbonyl (C=O) groups is 1. The third-order valence-corrected chi connectivity index (χ3v) is 5.39. The highest BCUT2D eigenvalue weighted by atomic mass is 32.2. The van der Waals surface area contributed by atoms with Gasteiger partial charge in [0, 0.05) is 11.4 Å². The van der Waals surface area contributed by atoms with Crippen molar-refractivity contribution in [3.05, 3.63) is 52.5 Å². The molecule has 0 radical (unpaired) electrons. The molecular weight excluding hydrogens is 359 g/mol. The minimum absolute atomic E-state index is 0.0706. The molecule has 2 heterocycles. The lowest BCUT2D eigenvalue weighted by molar-refractivity contribution is -0.120. The van der Waals surface area contributed by atoms with E-state index in [9.17, 15) is 9.18 Å². The van der Waals surface area contributed by atoms with Crippen molar-refractivity contribution in [2.75, 3.05) is 6.54 Å². The predicted octanol–water partition coefficient (Wildman–Crippen LogP) is 3.51. The van der Waals surface area contributed by atoms with Gasteiger partial charge in [-0.2, -0.15) is 0 Å². The molecule has 0 aliphatic heterocycles. The summed E-state index contributed by atoms with van der Waals surface area (Å²) in [5.74, 6) is -0.0840. The van der Waals surface area contributed by atoms with Crippen LogP contribution < -0.4 is 5.32 Å². The zero-order valence-electron chi connectivity index (χ0n) is 13.5. The Kier molecular flexibility index (Phi) is 5.83. The average Bonchev–Trinajstić information content (AvgIpc) is 3.27. The fourth-order valence-corrected chi connectivity index (χ4v) is 3.65. The van der Waals surface area contributed by atoms with Crippen LogP contribution in [0, 0.1) is 5.82 Å². The molecule has 0 aliphatic rings. The van der Waals surface area contributed by atoms with E-state index in [0.29, 0.717) is 23.1 Å². The van der Waals surface area contributed by atoms with E-state index >= 15 is 0 Å². The molecule has 0 bridgehead atoms. The van der Waals surface area contributed by atoms with Crippen molar-refractivity contribution in [2.45, 2.75) is 23.8 Å². The van der Waals surface area contributed by atoms with Gasteiger partial charge in [-0.05, 0) is 36.9 Å². The molecule has 0 aliphatic carbocycles. The average molecular weight is 376 g/mol. The van der Waals surface area contributed by atoms with Crippen molar-refractivity contribution in [2.24, 2.45) is 0 Å². The first kappa shape index (κ1) is 17.6. The van der Waals surface area contributed by atoms with Crippen LogP contribution in [0.15, 0.2) is 46.9 Å². The highest BCUT2D eigenvalue weighted by Crippen LogP contribution is 2.24. The molecule has 1 amide bonds. The summed E-state index contributed by atoms with van der Waals surface area (Å²) in [5.41, 5.74) is 0.356. The molecule has 130 valence electrons. The number of thioether (sulfide) groups is 1. The maximum Gasteiger partial charge on any atom is 0.233 e. The first-order valence-corrected chi connectivity index (χ1v) is 9.53. The highest BCUT2D eigenvalue weighted by Gasteiger charge is 2.17. The number of thiophene rings is 1. The Morgan fingerprint density at radius 3 is 2.96 bits per heavy atom. The summed E-state index contributed by atoms with van der Waals surface area (Å²) in [6, 6.07) is 10.4. The molecule has 0 saturated heterocycles. The minimum atomic E-state index is -0.366. The number of aromatic nitrogens is 3. The number of carbonyl (C=O) groups excluding carboxylic acids is 1. The summed E-state index contributed by atoms with van der Waals surface area (Å²) in [6.07, 6.45) is 0.818. The van der Waals surface area contributed by atoms with Gasteiger partial charge in [-0.3, -0.25) is 9.89 Å². The van der Waals surface area contributed by atoms with E-state index in [0.717, 1.165) is 6.42 Å². The molecule has 25 heavy (non-hydrogen) atoms. The van der Waals surface area contributed by atoms with Gasteiger partial charge in [0.05, 0.1) is 10.8 Å². The molecule has 2 N–H and O–H groups in total. The normalized spacial score (nSPS) is 12.1. The van der Waals surface area contributed by atoms with E-state index in [4.69, 9.17) is 0 Å². The second-order valence-corrected chi connectivity index (χ2v) is 7.67. The molecule has 1 atom stereocenters. The number of nitrogens with zero attached hydrogens (tertiary/aromatic N) is 2. The van der Waals surface area contributed by atoms with Gasteiger partial charge in [0.2, 0.25) is 11.1 Å². The van der Waals surface area contributed by atoms with E-state index in [1.165, 1.54) is 22.7 Å². The second-order valence-electron chi connectivity index (χ2n) is 5.33. The summed E-state index contributed by atoms with van der Waals surface area (Å²) in [7, 11) is 0. The first-order chi connectivity index (χ1) is 12.1. The lowest BCUT2D eigenvalue weighted by Crippen LogP contribution is -2.32. The molecule has 0 unspecified atom stereocenters. The van der Waals surface area contributed by atoms with Crippen LogP contribution >= 0.6 is 23.1 Å². The topological polar surface area (TPSA) is 70.7 Å². The maximum atomic E-state index is 13.8. The van der Waals surface area contributed by atoms with E-state index in [1.807, 2.05) is 17.5 Å². The standard InChI is InChI=1S/C17H17FN4OS2/c1-11(16(23)19-9-8-12-5-4-10-24-12)25-17-20-15(21-22-17)13-6-2-3-7-14(13)18/h2-7,10-11H,8-9H2,1H3,(H,19,23)(H,20,21,22)/t11-/m0/s1. The van der Waals surface area contributed by atoms with Crippen LogP contribution in [0.5, 0.6) is 0 Å². The summed E-state index contributed by atoms with van der Waals surface area (Å²) >= 11 is 2.91. The lowest BCUT2D eigenvalue weighted by Gasteiger charge is -2.09. The van der Waals surface area contributed by atoms with Crippen molar-refractivity contribution in [1.82, 2.24) is 20.5 Å². The Balaban J connectivity index is 1.53. The van der Waals surface area contributed by atoms with E-state index in [-0.39, 0.29) is 17.0 Å². The Hall–Kier alpha value is -2.19. The fraction of sp³-hybridized carbons (Fsp3) is 0.235. The Bertz CT molecular complexity index is 835. The van der Waals surface area contributed by atoms with E-state index < -0.39 is 0 Å². The maximum absolute atomic E-state index is 13.8. The molecule has 0 spiro atoms. The van der Waals surface area contributed by atoms with Gasteiger partial charge in [0.15, 0.2) is 5.82 Å². The lowest BCUT2D eigenvalue weighted by atomic mass is 10.2. The number of aromatic amines is 1. The van der Waals surface area contributed by atoms with Crippen molar-refractivity contribution < 1.29 is 9.18 Å². The Morgan fingerprint density at radius 1 is 1.36 bits per heavy atom. The highest BCUT2D eigenvalue weighted by molar-refractivity contribution is 8.00. The van der Waals surface area contributed by atoms with Crippen molar-refractivity contribution in [1.29, 1.82) is 0 Å². The Morgan fingerprint density at radius 2 is 2.20 bits per heavy atom. The van der Waals surface area contributed by atoms with Crippen LogP contribution in [0.3, 0.4) is 0 Å². The molecule has 1 aromatic carbocycles. The van der Waals surface area contributed by atoms with E-state index in [2.05, 4.69) is 20.5 Å². The molecular formula is C17H17FN4OS2. The third-order valence-electron chi connectivity index (χ3n) is 3.50. The van der Waals surface area contributed by atoms with Gasteiger partial charge in [-0.25, -0.2) is 9.37 Å². The zero-order valence-corrected chi connectivity index (χ0v) is 15.2. The van der Waals surface area contributed by atoms with Crippen LogP contribution in [0.25, 0.3) is 11.4 Å². The van der Waals surface area contributed by atoms with Gasteiger partial charge in [0.1, 0.15) is 5.82 Å². The first-order valence-electron chi connectivity index (χ1n) is 7.77. The molecule has 3 aromatic rings. The summed E-state index contributed by atoms with van der Waals surface area (Å²) < 4.78 is 13.8. The van der Waals surface area contributed by atoms with Gasteiger partial charge in [-0.1, -0.05) is 30.0 Å². The number of rotatable bonds is 7. The zero-order chi connectivity index (χ0) is 17.6. The van der Waals surface area contributed by atoms with E-state index in [1.54, 1.807) is 36.5 Å². The minimum Gasteiger partial charge on any atom is -0.355 e. The van der Waals surface area contributed by atoms with Crippen molar-refractivity contribution >= 4 is 29.0 Å². The second kappa shape index (κ2) is 8.26. The number of hydrogen-bond donors (Lipinski definition) is 2. The van der Waals surface area contributed by atoms with Crippen LogP contribution in [-0.4, -0.2) is 32.9 Å². The number of benzene rings is 1. The monoisotopic (exact) mass is 376 g/mol. The molecule has 2 aromatic heterocycles. The van der Waals surface area contributed by atoms with Crippen LogP contribution in [0.4, 0.5) is 4.39 Å². The van der Waals surface area contributed by atoms with Crippen LogP contribution in [0.2, 0.25) is 0 Å². The molecule has 5 nitrogen and oxygen atoms in total. The fourth-order valence-electron chi connectivity index (χ4n) is 2.19. The largest absolute Gasteiger partial charge is 0.355 e. The predicted molar refractivity (Wildman–Crippen MR) is 98.1 cm³/mol. The summed E-state index contributed by atoms with van der Waals surface area (Å²) in [5, 5.41) is 11.8. The van der Waals surface area contributed by atoms with Gasteiger partial charge < -0.3 is 5.32 Å². The number of halogens is 1. The van der Waals surface area contributed by atoms with Crippen molar-refractivity contribution in [3.63, 3.8) is 0 Å². The number of nitrogens with one attached hydrogen (secondary N) is 2. The van der Waals surface area contributed by atoms with Crippen molar-refractivity contribution in [3.8, 4) is 11.4 Å². The summed E-state index contributed by atoms with van der Waals surface area (Å²) in [4.78, 5) is 17.7. The molecule has 3 rings (SSSR count). The quantitative estimate of drug-likeness (QED) is 0.619. The smallest absolute Gasteiger partial charge is 0.233 e. The molecule has 8 heteroatoms. The Labute approximate surface area is 153 Å². The van der Waals surface area contributed by atoms with Gasteiger partial charge >= 0.3 is 0 Å². The molecule has 0 fully saturated rings. The van der Waals surface area contributed by atoms with Crippen LogP contribution in [0.1, 0.15) is 11.8 Å². The number of H-pyrrole nitrogens is 1. The molecule has 0 saturated carbocycles. The van der Waals surface area contributed by atoms with Crippen LogP contribution in [-0.2, 0) is 11.2 Å². The number of hydrogen-bond acceptors (Lipinski definition) is 5. The van der Waals surface area contributed by atoms with Gasteiger partial charge in [0.25, 0.3) is 0 Å². The third kappa shape index (κ3) is 4.67. The summed E-state index contributed by atoms with van der Waals surface area (Å²) in [6.45, 7) is 2.39. The SMILES string of the molecule is C[C@H](Sc1n[nH]c(-c2ccccc2F)n1)C(=O)NCCc1cccs1. The number of amides is 1. The van der Waals surface area contributed by atoms with Gasteiger partial charge in [-0.15, -0.1) is 16.4 Å².